The van der Waals surface area contributed by atoms with Gasteiger partial charge < -0.3 is 15.4 Å². The van der Waals surface area contributed by atoms with Crippen molar-refractivity contribution in [2.75, 3.05) is 44.7 Å². The molecule has 1 aliphatic rings. The number of carbonyl (C=O) groups is 1. The van der Waals surface area contributed by atoms with Crippen LogP contribution in [0.25, 0.3) is 0 Å². The quantitative estimate of drug-likeness (QED) is 0.836. The average molecular weight is 307 g/mol. The number of hydrogen-bond acceptors (Lipinski definition) is 6. The first-order valence-corrected chi connectivity index (χ1v) is 7.64. The topological polar surface area (TPSA) is 79.4 Å². The summed E-state index contributed by atoms with van der Waals surface area (Å²) in [6.45, 7) is 10.9. The third-order valence-electron chi connectivity index (χ3n) is 3.22. The van der Waals surface area contributed by atoms with Crippen molar-refractivity contribution in [3.8, 4) is 0 Å². The highest BCUT2D eigenvalue weighted by molar-refractivity contribution is 5.92. The summed E-state index contributed by atoms with van der Waals surface area (Å²) in [6, 6.07) is 3.46. The zero-order valence-corrected chi connectivity index (χ0v) is 13.6. The molecule has 2 rings (SSSR count). The number of nitrogens with one attached hydrogen (secondary N) is 2. The molecule has 0 atom stereocenters. The van der Waals surface area contributed by atoms with E-state index >= 15 is 0 Å². The van der Waals surface area contributed by atoms with E-state index in [2.05, 4.69) is 25.7 Å². The number of rotatable bonds is 5. The lowest BCUT2D eigenvalue weighted by Crippen LogP contribution is -2.41. The predicted octanol–water partition coefficient (Wildman–Crippen LogP) is 0.749. The normalized spacial score (nSPS) is 16.3. The maximum Gasteiger partial charge on any atom is 0.271 e. The van der Waals surface area contributed by atoms with E-state index in [1.54, 1.807) is 12.1 Å². The Labute approximate surface area is 131 Å². The molecule has 7 heteroatoms. The van der Waals surface area contributed by atoms with Crippen molar-refractivity contribution in [1.29, 1.82) is 0 Å². The van der Waals surface area contributed by atoms with Gasteiger partial charge in [0.05, 0.1) is 13.2 Å². The van der Waals surface area contributed by atoms with E-state index in [4.69, 9.17) is 4.74 Å². The molecule has 2 N–H and O–H groups in total. The second kappa shape index (κ2) is 7.51. The molecule has 1 aromatic rings. The van der Waals surface area contributed by atoms with Crippen LogP contribution in [0.5, 0.6) is 0 Å². The van der Waals surface area contributed by atoms with Crippen LogP contribution < -0.4 is 10.6 Å². The van der Waals surface area contributed by atoms with Crippen molar-refractivity contribution in [2.24, 2.45) is 0 Å². The number of hydrogen-bond donors (Lipinski definition) is 2. The fourth-order valence-electron chi connectivity index (χ4n) is 2.15. The zero-order valence-electron chi connectivity index (χ0n) is 13.6. The Hall–Kier alpha value is -1.73. The summed E-state index contributed by atoms with van der Waals surface area (Å²) in [5, 5.41) is 14.1. The molecule has 0 spiro atoms. The first-order chi connectivity index (χ1) is 10.4. The summed E-state index contributed by atoms with van der Waals surface area (Å²) >= 11 is 0. The molecule has 0 radical (unpaired) electrons. The highest BCUT2D eigenvalue weighted by atomic mass is 16.5. The maximum atomic E-state index is 12.0. The molecule has 1 saturated heterocycles. The number of anilines is 1. The van der Waals surface area contributed by atoms with Crippen molar-refractivity contribution >= 4 is 11.7 Å². The number of nitrogens with zero attached hydrogens (tertiary/aromatic N) is 3. The van der Waals surface area contributed by atoms with E-state index in [1.165, 1.54) is 0 Å². The summed E-state index contributed by atoms with van der Waals surface area (Å²) in [5.41, 5.74) is 0.248. The van der Waals surface area contributed by atoms with Gasteiger partial charge in [0, 0.05) is 31.7 Å². The zero-order chi connectivity index (χ0) is 16.0. The maximum absolute atomic E-state index is 12.0. The van der Waals surface area contributed by atoms with Crippen LogP contribution >= 0.6 is 0 Å². The predicted molar refractivity (Wildman–Crippen MR) is 85.0 cm³/mol. The minimum absolute atomic E-state index is 0.0867. The van der Waals surface area contributed by atoms with Crippen molar-refractivity contribution in [3.05, 3.63) is 17.8 Å². The van der Waals surface area contributed by atoms with Crippen LogP contribution in [-0.2, 0) is 4.74 Å². The minimum Gasteiger partial charge on any atom is -0.379 e. The Balaban J connectivity index is 1.77. The standard InChI is InChI=1S/C15H25N5O2/c1-15(2,3)17-13-5-4-12(18-19-13)14(21)16-6-7-20-8-10-22-11-9-20/h4-5H,6-11H2,1-3H3,(H,16,21)(H,17,19). The molecule has 0 aromatic carbocycles. The third-order valence-corrected chi connectivity index (χ3v) is 3.22. The molecule has 0 unspecified atom stereocenters. The Morgan fingerprint density at radius 3 is 2.59 bits per heavy atom. The van der Waals surface area contributed by atoms with Crippen molar-refractivity contribution in [3.63, 3.8) is 0 Å². The fraction of sp³-hybridized carbons (Fsp3) is 0.667. The summed E-state index contributed by atoms with van der Waals surface area (Å²) in [4.78, 5) is 14.3. The van der Waals surface area contributed by atoms with Gasteiger partial charge in [-0.2, -0.15) is 0 Å². The molecule has 1 amide bonds. The second-order valence-corrected chi connectivity index (χ2v) is 6.39. The highest BCUT2D eigenvalue weighted by Gasteiger charge is 2.13. The number of aromatic nitrogens is 2. The SMILES string of the molecule is CC(C)(C)Nc1ccc(C(=O)NCCN2CCOCC2)nn1. The first-order valence-electron chi connectivity index (χ1n) is 7.64. The smallest absolute Gasteiger partial charge is 0.271 e. The van der Waals surface area contributed by atoms with Crippen LogP contribution in [0.4, 0.5) is 5.82 Å². The lowest BCUT2D eigenvalue weighted by Gasteiger charge is -2.26. The van der Waals surface area contributed by atoms with E-state index in [1.807, 2.05) is 20.8 Å². The Morgan fingerprint density at radius 1 is 1.27 bits per heavy atom. The molecule has 0 aliphatic carbocycles. The lowest BCUT2D eigenvalue weighted by atomic mass is 10.1. The Bertz CT molecular complexity index is 478. The molecule has 1 aromatic heterocycles. The van der Waals surface area contributed by atoms with Crippen LogP contribution in [0.2, 0.25) is 0 Å². The average Bonchev–Trinajstić information content (AvgIpc) is 2.47. The van der Waals surface area contributed by atoms with E-state index in [9.17, 15) is 4.79 Å². The van der Waals surface area contributed by atoms with Crippen LogP contribution in [0.1, 0.15) is 31.3 Å². The highest BCUT2D eigenvalue weighted by Crippen LogP contribution is 2.10. The van der Waals surface area contributed by atoms with E-state index in [0.29, 0.717) is 18.1 Å². The number of morpholine rings is 1. The van der Waals surface area contributed by atoms with Gasteiger partial charge in [0.1, 0.15) is 5.82 Å². The van der Waals surface area contributed by atoms with Gasteiger partial charge in [-0.05, 0) is 32.9 Å². The molecule has 0 bridgehead atoms. The van der Waals surface area contributed by atoms with E-state index in [0.717, 1.165) is 32.8 Å². The summed E-state index contributed by atoms with van der Waals surface area (Å²) < 4.78 is 5.29. The van der Waals surface area contributed by atoms with Crippen molar-refractivity contribution < 1.29 is 9.53 Å². The second-order valence-electron chi connectivity index (χ2n) is 6.39. The van der Waals surface area contributed by atoms with Crippen molar-refractivity contribution in [1.82, 2.24) is 20.4 Å². The molecule has 22 heavy (non-hydrogen) atoms. The summed E-state index contributed by atoms with van der Waals surface area (Å²) in [5.74, 6) is 0.473. The molecule has 7 nitrogen and oxygen atoms in total. The summed E-state index contributed by atoms with van der Waals surface area (Å²) in [6.07, 6.45) is 0. The molecular weight excluding hydrogens is 282 g/mol. The van der Waals surface area contributed by atoms with Gasteiger partial charge in [-0.25, -0.2) is 0 Å². The number of ether oxygens (including phenoxy) is 1. The Morgan fingerprint density at radius 2 is 2.00 bits per heavy atom. The van der Waals surface area contributed by atoms with E-state index in [-0.39, 0.29) is 11.4 Å². The van der Waals surface area contributed by atoms with Gasteiger partial charge in [0.15, 0.2) is 5.69 Å². The van der Waals surface area contributed by atoms with Crippen LogP contribution in [0, 0.1) is 0 Å². The third kappa shape index (κ3) is 5.57. The molecule has 2 heterocycles. The van der Waals surface area contributed by atoms with Crippen LogP contribution in [0.15, 0.2) is 12.1 Å². The number of carbonyl (C=O) groups excluding carboxylic acids is 1. The van der Waals surface area contributed by atoms with Gasteiger partial charge >= 0.3 is 0 Å². The monoisotopic (exact) mass is 307 g/mol. The molecule has 1 aliphatic heterocycles. The molecular formula is C15H25N5O2. The fourth-order valence-corrected chi connectivity index (χ4v) is 2.15. The first kappa shape index (κ1) is 16.6. The van der Waals surface area contributed by atoms with Crippen molar-refractivity contribution in [2.45, 2.75) is 26.3 Å². The lowest BCUT2D eigenvalue weighted by molar-refractivity contribution is 0.0383. The number of amides is 1. The van der Waals surface area contributed by atoms with E-state index < -0.39 is 0 Å². The molecule has 0 saturated carbocycles. The van der Waals surface area contributed by atoms with Gasteiger partial charge in [0.25, 0.3) is 5.91 Å². The molecule has 122 valence electrons. The van der Waals surface area contributed by atoms with Gasteiger partial charge in [0.2, 0.25) is 0 Å². The Kier molecular flexibility index (Phi) is 5.68. The summed E-state index contributed by atoms with van der Waals surface area (Å²) in [7, 11) is 0. The van der Waals surface area contributed by atoms with Crippen LogP contribution in [0.3, 0.4) is 0 Å². The van der Waals surface area contributed by atoms with Gasteiger partial charge in [-0.3, -0.25) is 9.69 Å². The van der Waals surface area contributed by atoms with Gasteiger partial charge in [-0.1, -0.05) is 0 Å². The minimum atomic E-state index is -0.192. The largest absolute Gasteiger partial charge is 0.379 e. The van der Waals surface area contributed by atoms with Crippen LogP contribution in [-0.4, -0.2) is 65.9 Å². The van der Waals surface area contributed by atoms with Gasteiger partial charge in [-0.15, -0.1) is 10.2 Å². The molecule has 1 fully saturated rings.